The lowest BCUT2D eigenvalue weighted by Crippen LogP contribution is -2.47. The number of carbonyl (C=O) groups is 4. The van der Waals surface area contributed by atoms with Crippen LogP contribution in [-0.2, 0) is 16.0 Å². The molecule has 13 heteroatoms. The molecule has 0 aromatic heterocycles. The minimum Gasteiger partial charge on any atom is -0.510 e. The summed E-state index contributed by atoms with van der Waals surface area (Å²) in [6.07, 6.45) is -4.34. The van der Waals surface area contributed by atoms with E-state index in [1.807, 2.05) is 0 Å². The third-order valence-electron chi connectivity index (χ3n) is 10.0. The second-order valence-corrected chi connectivity index (χ2v) is 12.4. The largest absolute Gasteiger partial charge is 0.510 e. The summed E-state index contributed by atoms with van der Waals surface area (Å²) in [6, 6.07) is 1.47. The molecule has 0 unspecified atom stereocenters. The van der Waals surface area contributed by atoms with Gasteiger partial charge in [0, 0.05) is 44.9 Å². The van der Waals surface area contributed by atoms with E-state index in [1.165, 1.54) is 11.0 Å². The van der Waals surface area contributed by atoms with E-state index in [4.69, 9.17) is 5.73 Å². The highest BCUT2D eigenvalue weighted by molar-refractivity contribution is 6.21. The highest BCUT2D eigenvalue weighted by Crippen LogP contribution is 2.58. The molecule has 0 spiro atoms. The van der Waals surface area contributed by atoms with Crippen molar-refractivity contribution in [3.8, 4) is 0 Å². The molecule has 1 aromatic carbocycles. The van der Waals surface area contributed by atoms with Gasteiger partial charge in [0.25, 0.3) is 11.8 Å². The molecule has 1 fully saturated rings. The van der Waals surface area contributed by atoms with E-state index in [2.05, 4.69) is 5.18 Å². The van der Waals surface area contributed by atoms with Crippen LogP contribution in [-0.4, -0.2) is 66.7 Å². The molecule has 5 rings (SSSR count). The summed E-state index contributed by atoms with van der Waals surface area (Å²) in [5.74, 6) is -5.68. The van der Waals surface area contributed by atoms with E-state index in [0.29, 0.717) is 28.8 Å². The Labute approximate surface area is 245 Å². The van der Waals surface area contributed by atoms with Gasteiger partial charge in [0.15, 0.2) is 11.6 Å². The van der Waals surface area contributed by atoms with E-state index in [1.54, 1.807) is 32.8 Å². The first kappa shape index (κ1) is 30.4. The molecule has 43 heavy (non-hydrogen) atoms. The predicted octanol–water partition coefficient (Wildman–Crippen LogP) is 4.53. The summed E-state index contributed by atoms with van der Waals surface area (Å²) in [6.45, 7) is 2.96. The lowest BCUT2D eigenvalue weighted by atomic mass is 9.54. The molecule has 2 amide bonds. The zero-order valence-electron chi connectivity index (χ0n) is 24.3. The van der Waals surface area contributed by atoms with Crippen LogP contribution in [0.15, 0.2) is 33.7 Å². The number of halogens is 3. The highest BCUT2D eigenvalue weighted by atomic mass is 19.4. The van der Waals surface area contributed by atoms with Crippen molar-refractivity contribution >= 4 is 34.8 Å². The number of allylic oxidation sites excluding steroid dienone is 2. The number of carbonyl (C=O) groups excluding carboxylic acids is 4. The van der Waals surface area contributed by atoms with Crippen molar-refractivity contribution in [1.29, 1.82) is 0 Å². The zero-order chi connectivity index (χ0) is 31.8. The van der Waals surface area contributed by atoms with Gasteiger partial charge in [-0.05, 0) is 68.2 Å². The molecule has 1 aliphatic heterocycles. The van der Waals surface area contributed by atoms with Gasteiger partial charge in [-0.15, -0.1) is 4.91 Å². The fourth-order valence-corrected chi connectivity index (χ4v) is 7.53. The van der Waals surface area contributed by atoms with Crippen molar-refractivity contribution in [3.05, 3.63) is 50.1 Å². The fourth-order valence-electron chi connectivity index (χ4n) is 7.53. The van der Waals surface area contributed by atoms with E-state index in [0.717, 1.165) is 0 Å². The topological polar surface area (TPSA) is 150 Å². The number of primary amides is 1. The van der Waals surface area contributed by atoms with Crippen LogP contribution in [0.2, 0.25) is 0 Å². The highest BCUT2D eigenvalue weighted by Gasteiger charge is 2.55. The molecule has 3 N–H and O–H groups in total. The lowest BCUT2D eigenvalue weighted by molar-refractivity contribution is -0.183. The monoisotopic (exact) mass is 602 g/mol. The molecule has 4 aliphatic rings. The Kier molecular flexibility index (Phi) is 7.29. The van der Waals surface area contributed by atoms with E-state index in [9.17, 15) is 42.4 Å². The van der Waals surface area contributed by atoms with Gasteiger partial charge in [-0.2, -0.15) is 13.2 Å². The van der Waals surface area contributed by atoms with Crippen molar-refractivity contribution in [2.75, 3.05) is 32.1 Å². The van der Waals surface area contributed by atoms with Crippen LogP contribution >= 0.6 is 0 Å². The maximum absolute atomic E-state index is 14.3. The average molecular weight is 603 g/mol. The molecule has 10 nitrogen and oxygen atoms in total. The Hall–Kier alpha value is -4.03. The Bertz CT molecular complexity index is 1540. The number of fused-ring (bicyclic) bond motifs is 3. The zero-order valence-corrected chi connectivity index (χ0v) is 24.3. The van der Waals surface area contributed by atoms with Crippen molar-refractivity contribution in [1.82, 2.24) is 4.90 Å². The number of rotatable bonds is 4. The number of hydrogen-bond donors (Lipinski definition) is 2. The number of alkyl halides is 3. The minimum absolute atomic E-state index is 0.0405. The van der Waals surface area contributed by atoms with Gasteiger partial charge < -0.3 is 20.6 Å². The third-order valence-corrected chi connectivity index (χ3v) is 10.0. The number of nitroso groups, excluding NO2 is 1. The Balaban J connectivity index is 1.64. The van der Waals surface area contributed by atoms with Crippen LogP contribution in [0.25, 0.3) is 0 Å². The quantitative estimate of drug-likeness (QED) is 0.380. The lowest BCUT2D eigenvalue weighted by Gasteiger charge is -2.49. The number of nitrogens with zero attached hydrogens (tertiary/aromatic N) is 3. The normalized spacial score (nSPS) is 26.2. The fraction of sp³-hybridized carbons (Fsp3) is 0.533. The third kappa shape index (κ3) is 4.54. The second kappa shape index (κ2) is 10.3. The number of Topliss-reactive ketones (excluding diaryl/α,β-unsaturated/α-hetero) is 2. The van der Waals surface area contributed by atoms with Crippen LogP contribution in [0.3, 0.4) is 0 Å². The predicted molar refractivity (Wildman–Crippen MR) is 150 cm³/mol. The van der Waals surface area contributed by atoms with E-state index >= 15 is 0 Å². The Morgan fingerprint density at radius 2 is 1.79 bits per heavy atom. The number of aliphatic hydroxyl groups is 1. The molecule has 3 aliphatic carbocycles. The molecule has 230 valence electrons. The van der Waals surface area contributed by atoms with Crippen molar-refractivity contribution in [2.45, 2.75) is 52.1 Å². The van der Waals surface area contributed by atoms with Crippen molar-refractivity contribution in [3.63, 3.8) is 0 Å². The molecular weight excluding hydrogens is 569 g/mol. The number of ketones is 2. The van der Waals surface area contributed by atoms with Crippen molar-refractivity contribution in [2.24, 2.45) is 34.1 Å². The number of likely N-dealkylation sites (tertiary alicyclic amines) is 1. The molecular formula is C30H33F3N4O6. The summed E-state index contributed by atoms with van der Waals surface area (Å²) in [5.41, 5.74) is 4.80. The molecule has 0 radical (unpaired) electrons. The van der Waals surface area contributed by atoms with Gasteiger partial charge in [-0.25, -0.2) is 0 Å². The van der Waals surface area contributed by atoms with E-state index < -0.39 is 58.1 Å². The van der Waals surface area contributed by atoms with Crippen LogP contribution < -0.4 is 10.6 Å². The first-order valence-corrected chi connectivity index (χ1v) is 14.1. The smallest absolute Gasteiger partial charge is 0.391 e. The van der Waals surface area contributed by atoms with Gasteiger partial charge in [0.05, 0.1) is 22.5 Å². The SMILES string of the molecule is CC1=C2C(=O)c3c(c(N(C)C)cc(C(=O)N4CCC(C(F)(F)F)CC4)c3N=O)C[C@H]2C[C@H]2CC(=O)C(C(N)=O)=C(O)[C@@]12C. The molecule has 0 saturated carbocycles. The first-order valence-electron chi connectivity index (χ1n) is 14.1. The van der Waals surface area contributed by atoms with Gasteiger partial charge in [-0.1, -0.05) is 5.57 Å². The summed E-state index contributed by atoms with van der Waals surface area (Å²) in [4.78, 5) is 68.1. The summed E-state index contributed by atoms with van der Waals surface area (Å²) < 4.78 is 39.7. The Morgan fingerprint density at radius 1 is 1.16 bits per heavy atom. The summed E-state index contributed by atoms with van der Waals surface area (Å²) >= 11 is 0. The second-order valence-electron chi connectivity index (χ2n) is 12.4. The number of nitrogens with two attached hydrogens (primary N) is 1. The van der Waals surface area contributed by atoms with Crippen LogP contribution in [0.4, 0.5) is 24.5 Å². The van der Waals surface area contributed by atoms with Crippen LogP contribution in [0, 0.1) is 28.1 Å². The number of anilines is 1. The van der Waals surface area contributed by atoms with Gasteiger partial charge in [0.2, 0.25) is 0 Å². The van der Waals surface area contributed by atoms with Gasteiger partial charge in [-0.3, -0.25) is 19.2 Å². The van der Waals surface area contributed by atoms with Gasteiger partial charge >= 0.3 is 6.18 Å². The number of amides is 2. The first-order chi connectivity index (χ1) is 20.0. The number of piperidine rings is 1. The molecule has 1 aromatic rings. The molecule has 3 atom stereocenters. The average Bonchev–Trinajstić information content (AvgIpc) is 2.93. The number of benzene rings is 1. The standard InChI is InChI=1S/C30H33F3N4O6/c1-13-21-14(9-16-11-20(38)23(27(34)41)26(40)29(13,16)2)10-17-19(36(3)4)12-18(24(35-43)22(17)25(21)39)28(42)37-7-5-15(6-8-37)30(31,32)33/h12,14-16,40H,5-11H2,1-4H3,(H2,34,41)/t14-,16+,29+/m1/s1. The Morgan fingerprint density at radius 3 is 2.33 bits per heavy atom. The van der Waals surface area contributed by atoms with Crippen LogP contribution in [0.5, 0.6) is 0 Å². The van der Waals surface area contributed by atoms with Crippen LogP contribution in [0.1, 0.15) is 65.8 Å². The molecule has 0 bridgehead atoms. The minimum atomic E-state index is -4.37. The maximum Gasteiger partial charge on any atom is 0.391 e. The molecule has 1 saturated heterocycles. The van der Waals surface area contributed by atoms with Crippen molar-refractivity contribution < 1.29 is 37.5 Å². The molecule has 1 heterocycles. The van der Waals surface area contributed by atoms with E-state index in [-0.39, 0.29) is 61.5 Å². The maximum atomic E-state index is 14.3. The van der Waals surface area contributed by atoms with Gasteiger partial charge in [0.1, 0.15) is 17.0 Å². The summed E-state index contributed by atoms with van der Waals surface area (Å²) in [7, 11) is 3.42. The number of hydrogen-bond acceptors (Lipinski definition) is 8. The summed E-state index contributed by atoms with van der Waals surface area (Å²) in [5, 5.41) is 14.3. The number of aliphatic hydroxyl groups excluding tert-OH is 1.